The van der Waals surface area contributed by atoms with Crippen molar-refractivity contribution in [3.8, 4) is 5.75 Å². The molecule has 0 radical (unpaired) electrons. The average Bonchev–Trinajstić information content (AvgIpc) is 2.24. The molecule has 15 heavy (non-hydrogen) atoms. The molecule has 0 N–H and O–H groups in total. The van der Waals surface area contributed by atoms with Gasteiger partial charge in [-0.15, -0.1) is 0 Å². The molecule has 2 heteroatoms. The molecular formula is C13H14O2. The van der Waals surface area contributed by atoms with Gasteiger partial charge in [0.05, 0.1) is 12.5 Å². The number of ketones is 1. The first kappa shape index (κ1) is 9.97. The molecule has 0 unspecified atom stereocenters. The summed E-state index contributed by atoms with van der Waals surface area (Å²) in [4.78, 5) is 11.8. The largest absolute Gasteiger partial charge is 0.497 e. The fourth-order valence-corrected chi connectivity index (χ4v) is 1.86. The molecule has 0 amide bonds. The van der Waals surface area contributed by atoms with Crippen molar-refractivity contribution in [1.29, 1.82) is 0 Å². The smallest absolute Gasteiger partial charge is 0.165 e. The first-order valence-electron chi connectivity index (χ1n) is 4.97. The maximum Gasteiger partial charge on any atom is 0.165 e. The quantitative estimate of drug-likeness (QED) is 0.699. The highest BCUT2D eigenvalue weighted by atomic mass is 16.5. The van der Waals surface area contributed by atoms with Gasteiger partial charge >= 0.3 is 0 Å². The van der Waals surface area contributed by atoms with Gasteiger partial charge in [0.15, 0.2) is 5.78 Å². The Bertz CT molecular complexity index is 442. The van der Waals surface area contributed by atoms with E-state index in [9.17, 15) is 4.79 Å². The van der Waals surface area contributed by atoms with Crippen molar-refractivity contribution in [1.82, 2.24) is 0 Å². The van der Waals surface area contributed by atoms with E-state index >= 15 is 0 Å². The van der Waals surface area contributed by atoms with Gasteiger partial charge in [0.25, 0.3) is 0 Å². The summed E-state index contributed by atoms with van der Waals surface area (Å²) in [6.07, 6.45) is 3.51. The van der Waals surface area contributed by atoms with Crippen LogP contribution in [0, 0.1) is 0 Å². The van der Waals surface area contributed by atoms with E-state index in [1.165, 1.54) is 0 Å². The molecule has 0 saturated heterocycles. The van der Waals surface area contributed by atoms with E-state index in [4.69, 9.17) is 4.74 Å². The third-order valence-electron chi connectivity index (χ3n) is 2.96. The fraction of sp³-hybridized carbons (Fsp3) is 0.308. The molecule has 78 valence electrons. The lowest BCUT2D eigenvalue weighted by Gasteiger charge is -2.27. The topological polar surface area (TPSA) is 26.3 Å². The van der Waals surface area contributed by atoms with E-state index < -0.39 is 5.41 Å². The number of methoxy groups -OCH3 is 1. The Hall–Kier alpha value is -1.57. The Kier molecular flexibility index (Phi) is 2.14. The molecule has 1 aliphatic rings. The summed E-state index contributed by atoms with van der Waals surface area (Å²) in [7, 11) is 1.63. The van der Waals surface area contributed by atoms with E-state index in [2.05, 4.69) is 0 Å². The van der Waals surface area contributed by atoms with Crippen LogP contribution in [0.1, 0.15) is 25.0 Å². The lowest BCUT2D eigenvalue weighted by molar-refractivity contribution is -0.118. The predicted molar refractivity (Wildman–Crippen MR) is 60.1 cm³/mol. The first-order chi connectivity index (χ1) is 7.05. The van der Waals surface area contributed by atoms with Crippen LogP contribution in [0.25, 0.3) is 6.08 Å². The van der Waals surface area contributed by atoms with Crippen LogP contribution in [0.4, 0.5) is 0 Å². The molecule has 1 aliphatic carbocycles. The van der Waals surface area contributed by atoms with Crippen molar-refractivity contribution in [3.05, 3.63) is 35.4 Å². The molecular weight excluding hydrogens is 188 g/mol. The van der Waals surface area contributed by atoms with Crippen molar-refractivity contribution in [3.63, 3.8) is 0 Å². The van der Waals surface area contributed by atoms with Gasteiger partial charge in [-0.25, -0.2) is 0 Å². The Morgan fingerprint density at radius 1 is 1.20 bits per heavy atom. The minimum absolute atomic E-state index is 0.142. The fourth-order valence-electron chi connectivity index (χ4n) is 1.86. The maximum atomic E-state index is 11.8. The lowest BCUT2D eigenvalue weighted by atomic mass is 9.75. The highest BCUT2D eigenvalue weighted by Crippen LogP contribution is 2.34. The van der Waals surface area contributed by atoms with Gasteiger partial charge in [0.1, 0.15) is 5.75 Å². The summed E-state index contributed by atoms with van der Waals surface area (Å²) in [5.41, 5.74) is 1.69. The van der Waals surface area contributed by atoms with Crippen LogP contribution in [0.5, 0.6) is 5.75 Å². The van der Waals surface area contributed by atoms with Crippen LogP contribution < -0.4 is 4.74 Å². The third kappa shape index (κ3) is 1.46. The number of benzene rings is 1. The van der Waals surface area contributed by atoms with Crippen molar-refractivity contribution < 1.29 is 9.53 Å². The van der Waals surface area contributed by atoms with Crippen LogP contribution in [-0.2, 0) is 10.2 Å². The summed E-state index contributed by atoms with van der Waals surface area (Å²) >= 11 is 0. The number of hydrogen-bond donors (Lipinski definition) is 0. The molecule has 2 rings (SSSR count). The third-order valence-corrected chi connectivity index (χ3v) is 2.96. The monoisotopic (exact) mass is 202 g/mol. The normalized spacial score (nSPS) is 17.4. The van der Waals surface area contributed by atoms with E-state index in [0.717, 1.165) is 16.9 Å². The number of carbonyl (C=O) groups excluding carboxylic acids is 1. The molecule has 0 aromatic heterocycles. The van der Waals surface area contributed by atoms with Gasteiger partial charge in [0.2, 0.25) is 0 Å². The second-order valence-corrected chi connectivity index (χ2v) is 4.28. The summed E-state index contributed by atoms with van der Waals surface area (Å²) in [6.45, 7) is 3.88. The minimum Gasteiger partial charge on any atom is -0.497 e. The second kappa shape index (κ2) is 3.23. The second-order valence-electron chi connectivity index (χ2n) is 4.28. The van der Waals surface area contributed by atoms with Crippen LogP contribution in [-0.4, -0.2) is 12.9 Å². The van der Waals surface area contributed by atoms with Crippen molar-refractivity contribution in [2.24, 2.45) is 0 Å². The van der Waals surface area contributed by atoms with Crippen LogP contribution in [0.3, 0.4) is 0 Å². The number of allylic oxidation sites excluding steroid dienone is 1. The Labute approximate surface area is 89.6 Å². The summed E-state index contributed by atoms with van der Waals surface area (Å²) < 4.78 is 5.17. The molecule has 0 bridgehead atoms. The molecule has 0 fully saturated rings. The molecule has 0 aliphatic heterocycles. The molecule has 0 saturated carbocycles. The summed E-state index contributed by atoms with van der Waals surface area (Å²) in [5.74, 6) is 0.938. The highest BCUT2D eigenvalue weighted by Gasteiger charge is 2.32. The lowest BCUT2D eigenvalue weighted by Crippen LogP contribution is -2.30. The standard InChI is InChI=1S/C13H14O2/c1-13(2)11-8-10(15-3)6-4-9(11)5-7-12(13)14/h4-8H,1-3H3. The zero-order valence-corrected chi connectivity index (χ0v) is 9.20. The van der Waals surface area contributed by atoms with Crippen molar-refractivity contribution in [2.75, 3.05) is 7.11 Å². The Balaban J connectivity index is 2.63. The van der Waals surface area contributed by atoms with E-state index in [0.29, 0.717) is 0 Å². The Morgan fingerprint density at radius 3 is 2.60 bits per heavy atom. The van der Waals surface area contributed by atoms with Gasteiger partial charge < -0.3 is 4.74 Å². The SMILES string of the molecule is COc1ccc2c(c1)C(C)(C)C(=O)C=C2. The van der Waals surface area contributed by atoms with Crippen LogP contribution in [0.15, 0.2) is 24.3 Å². The van der Waals surface area contributed by atoms with Crippen molar-refractivity contribution >= 4 is 11.9 Å². The van der Waals surface area contributed by atoms with E-state index in [1.807, 2.05) is 38.1 Å². The molecule has 0 heterocycles. The van der Waals surface area contributed by atoms with Gasteiger partial charge in [0, 0.05) is 0 Å². The molecule has 0 atom stereocenters. The molecule has 0 spiro atoms. The predicted octanol–water partition coefficient (Wildman–Crippen LogP) is 2.57. The maximum absolute atomic E-state index is 11.8. The number of ether oxygens (including phenoxy) is 1. The van der Waals surface area contributed by atoms with Crippen LogP contribution >= 0.6 is 0 Å². The van der Waals surface area contributed by atoms with Crippen molar-refractivity contribution in [2.45, 2.75) is 19.3 Å². The molecule has 1 aromatic carbocycles. The average molecular weight is 202 g/mol. The minimum atomic E-state index is -0.446. The van der Waals surface area contributed by atoms with Gasteiger partial charge in [-0.3, -0.25) is 4.79 Å². The number of fused-ring (bicyclic) bond motifs is 1. The summed E-state index contributed by atoms with van der Waals surface area (Å²) in [5, 5.41) is 0. The van der Waals surface area contributed by atoms with E-state index in [-0.39, 0.29) is 5.78 Å². The molecule has 2 nitrogen and oxygen atoms in total. The van der Waals surface area contributed by atoms with Gasteiger partial charge in [-0.1, -0.05) is 12.1 Å². The number of rotatable bonds is 1. The highest BCUT2D eigenvalue weighted by molar-refractivity contribution is 6.04. The van der Waals surface area contributed by atoms with Gasteiger partial charge in [-0.2, -0.15) is 0 Å². The Morgan fingerprint density at radius 2 is 1.93 bits per heavy atom. The first-order valence-corrected chi connectivity index (χ1v) is 4.97. The van der Waals surface area contributed by atoms with Gasteiger partial charge in [-0.05, 0) is 43.2 Å². The van der Waals surface area contributed by atoms with E-state index in [1.54, 1.807) is 13.2 Å². The zero-order valence-electron chi connectivity index (χ0n) is 9.20. The number of carbonyl (C=O) groups is 1. The summed E-state index contributed by atoms with van der Waals surface area (Å²) in [6, 6.07) is 5.84. The number of hydrogen-bond acceptors (Lipinski definition) is 2. The van der Waals surface area contributed by atoms with Crippen LogP contribution in [0.2, 0.25) is 0 Å². The zero-order chi connectivity index (χ0) is 11.1. The molecule has 1 aromatic rings.